The van der Waals surface area contributed by atoms with Crippen LogP contribution in [0.1, 0.15) is 18.4 Å². The summed E-state index contributed by atoms with van der Waals surface area (Å²) in [6.07, 6.45) is 7.54. The summed E-state index contributed by atoms with van der Waals surface area (Å²) in [4.78, 5) is 4.00. The quantitative estimate of drug-likeness (QED) is 0.850. The first-order chi connectivity index (χ1) is 5.95. The van der Waals surface area contributed by atoms with Crippen molar-refractivity contribution in [1.82, 2.24) is 10.3 Å². The zero-order valence-electron chi connectivity index (χ0n) is 7.98. The molecule has 0 aliphatic carbocycles. The van der Waals surface area contributed by atoms with Gasteiger partial charge < -0.3 is 5.32 Å². The van der Waals surface area contributed by atoms with Gasteiger partial charge in [-0.25, -0.2) is 0 Å². The van der Waals surface area contributed by atoms with E-state index in [0.717, 1.165) is 6.42 Å². The molecule has 1 saturated heterocycles. The van der Waals surface area contributed by atoms with Gasteiger partial charge in [0.25, 0.3) is 0 Å². The van der Waals surface area contributed by atoms with E-state index < -0.39 is 0 Å². The number of aromatic nitrogens is 1. The second-order valence-corrected chi connectivity index (χ2v) is 3.35. The number of hydrogen-bond acceptors (Lipinski definition) is 2. The van der Waals surface area contributed by atoms with Crippen molar-refractivity contribution in [2.45, 2.75) is 25.3 Å². The van der Waals surface area contributed by atoms with Gasteiger partial charge in [0.1, 0.15) is 0 Å². The van der Waals surface area contributed by atoms with Gasteiger partial charge in [-0.1, -0.05) is 0 Å². The minimum atomic E-state index is 0. The Morgan fingerprint density at radius 1 is 1.29 bits per heavy atom. The molecule has 0 unspecified atom stereocenters. The van der Waals surface area contributed by atoms with Gasteiger partial charge in [-0.05, 0) is 43.5 Å². The van der Waals surface area contributed by atoms with Crippen LogP contribution >= 0.6 is 24.8 Å². The zero-order chi connectivity index (χ0) is 8.23. The predicted molar refractivity (Wildman–Crippen MR) is 63.5 cm³/mol. The van der Waals surface area contributed by atoms with E-state index in [1.54, 1.807) is 0 Å². The molecule has 2 heterocycles. The average molecular weight is 235 g/mol. The molecule has 0 bridgehead atoms. The largest absolute Gasteiger partial charge is 0.314 e. The maximum Gasteiger partial charge on any atom is 0.0270 e. The number of rotatable bonds is 2. The summed E-state index contributed by atoms with van der Waals surface area (Å²) in [5.41, 5.74) is 1.39. The monoisotopic (exact) mass is 234 g/mol. The van der Waals surface area contributed by atoms with Crippen LogP contribution in [0, 0.1) is 0 Å². The molecule has 80 valence electrons. The van der Waals surface area contributed by atoms with Crippen LogP contribution in [0.2, 0.25) is 0 Å². The second-order valence-electron chi connectivity index (χ2n) is 3.35. The standard InChI is InChI=1S/C10H14N2.2ClH/c1-2-10(12-5-1)8-9-3-6-11-7-4-9;;/h3-4,6-7,10,12H,1-2,5,8H2;2*1H/t10-;;/m1../s1. The molecule has 0 radical (unpaired) electrons. The Balaban J connectivity index is 0.000000845. The van der Waals surface area contributed by atoms with Crippen LogP contribution < -0.4 is 5.32 Å². The van der Waals surface area contributed by atoms with Crippen LogP contribution in [0.3, 0.4) is 0 Å². The predicted octanol–water partition coefficient (Wildman–Crippen LogP) is 2.22. The lowest BCUT2D eigenvalue weighted by Crippen LogP contribution is -2.23. The molecular weight excluding hydrogens is 219 g/mol. The molecule has 1 N–H and O–H groups in total. The van der Waals surface area contributed by atoms with Crippen LogP contribution in [0.5, 0.6) is 0 Å². The Bertz CT molecular complexity index is 235. The third-order valence-corrected chi connectivity index (χ3v) is 2.39. The van der Waals surface area contributed by atoms with Gasteiger partial charge in [0.2, 0.25) is 0 Å². The first-order valence-corrected chi connectivity index (χ1v) is 4.57. The van der Waals surface area contributed by atoms with Crippen LogP contribution in [-0.4, -0.2) is 17.6 Å². The summed E-state index contributed by atoms with van der Waals surface area (Å²) in [5, 5.41) is 3.48. The number of hydrogen-bond donors (Lipinski definition) is 1. The number of halogens is 2. The van der Waals surface area contributed by atoms with Gasteiger partial charge in [-0.2, -0.15) is 0 Å². The minimum Gasteiger partial charge on any atom is -0.314 e. The van der Waals surface area contributed by atoms with Gasteiger partial charge in [-0.3, -0.25) is 4.98 Å². The van der Waals surface area contributed by atoms with Crippen molar-refractivity contribution in [3.8, 4) is 0 Å². The van der Waals surface area contributed by atoms with Crippen LogP contribution in [-0.2, 0) is 6.42 Å². The minimum absolute atomic E-state index is 0. The topological polar surface area (TPSA) is 24.9 Å². The lowest BCUT2D eigenvalue weighted by molar-refractivity contribution is 0.603. The average Bonchev–Trinajstić information content (AvgIpc) is 2.59. The molecule has 2 nitrogen and oxygen atoms in total. The number of pyridine rings is 1. The normalized spacial score (nSPS) is 19.6. The highest BCUT2D eigenvalue weighted by Crippen LogP contribution is 2.10. The molecule has 1 aliphatic heterocycles. The maximum atomic E-state index is 4.00. The third kappa shape index (κ3) is 3.82. The van der Waals surface area contributed by atoms with Crippen molar-refractivity contribution in [3.63, 3.8) is 0 Å². The molecule has 14 heavy (non-hydrogen) atoms. The van der Waals surface area contributed by atoms with E-state index in [1.807, 2.05) is 12.4 Å². The van der Waals surface area contributed by atoms with E-state index in [-0.39, 0.29) is 24.8 Å². The van der Waals surface area contributed by atoms with Gasteiger partial charge in [0.05, 0.1) is 0 Å². The lowest BCUT2D eigenvalue weighted by atomic mass is 10.1. The van der Waals surface area contributed by atoms with Crippen molar-refractivity contribution in [1.29, 1.82) is 0 Å². The van der Waals surface area contributed by atoms with E-state index in [9.17, 15) is 0 Å². The molecule has 0 saturated carbocycles. The third-order valence-electron chi connectivity index (χ3n) is 2.39. The fourth-order valence-corrected chi connectivity index (χ4v) is 1.73. The summed E-state index contributed by atoms with van der Waals surface area (Å²) in [6, 6.07) is 4.90. The fourth-order valence-electron chi connectivity index (χ4n) is 1.73. The summed E-state index contributed by atoms with van der Waals surface area (Å²) >= 11 is 0. The molecule has 1 aromatic rings. The molecule has 0 aromatic carbocycles. The van der Waals surface area contributed by atoms with Gasteiger partial charge in [0, 0.05) is 18.4 Å². The van der Waals surface area contributed by atoms with Crippen molar-refractivity contribution >= 4 is 24.8 Å². The second kappa shape index (κ2) is 7.04. The van der Waals surface area contributed by atoms with Crippen molar-refractivity contribution in [3.05, 3.63) is 30.1 Å². The van der Waals surface area contributed by atoms with Crippen molar-refractivity contribution in [2.24, 2.45) is 0 Å². The summed E-state index contributed by atoms with van der Waals surface area (Å²) < 4.78 is 0. The Kier molecular flexibility index (Phi) is 6.89. The van der Waals surface area contributed by atoms with Crippen molar-refractivity contribution < 1.29 is 0 Å². The Morgan fingerprint density at radius 3 is 2.57 bits per heavy atom. The molecule has 2 rings (SSSR count). The number of nitrogens with one attached hydrogen (secondary N) is 1. The summed E-state index contributed by atoms with van der Waals surface area (Å²) in [5.74, 6) is 0. The Hall–Kier alpha value is -0.310. The van der Waals surface area contributed by atoms with E-state index in [2.05, 4.69) is 22.4 Å². The van der Waals surface area contributed by atoms with Crippen molar-refractivity contribution in [2.75, 3.05) is 6.54 Å². The fraction of sp³-hybridized carbons (Fsp3) is 0.500. The Morgan fingerprint density at radius 2 is 2.00 bits per heavy atom. The van der Waals surface area contributed by atoms with Gasteiger partial charge >= 0.3 is 0 Å². The molecule has 1 aliphatic rings. The zero-order valence-corrected chi connectivity index (χ0v) is 9.61. The van der Waals surface area contributed by atoms with Crippen LogP contribution in [0.4, 0.5) is 0 Å². The molecule has 1 atom stereocenters. The summed E-state index contributed by atoms with van der Waals surface area (Å²) in [6.45, 7) is 1.19. The molecule has 1 aromatic heterocycles. The van der Waals surface area contributed by atoms with Gasteiger partial charge in [0.15, 0.2) is 0 Å². The van der Waals surface area contributed by atoms with E-state index in [1.165, 1.54) is 24.9 Å². The smallest absolute Gasteiger partial charge is 0.0270 e. The summed E-state index contributed by atoms with van der Waals surface area (Å²) in [7, 11) is 0. The van der Waals surface area contributed by atoms with Gasteiger partial charge in [-0.15, -0.1) is 24.8 Å². The van der Waals surface area contributed by atoms with Crippen LogP contribution in [0.15, 0.2) is 24.5 Å². The SMILES string of the molecule is Cl.Cl.c1cc(C[C@H]2CCCN2)ccn1. The van der Waals surface area contributed by atoms with Crippen LogP contribution in [0.25, 0.3) is 0 Å². The highest BCUT2D eigenvalue weighted by Gasteiger charge is 2.13. The molecule has 1 fully saturated rings. The van der Waals surface area contributed by atoms with E-state index >= 15 is 0 Å². The lowest BCUT2D eigenvalue weighted by Gasteiger charge is -2.08. The van der Waals surface area contributed by atoms with E-state index in [4.69, 9.17) is 0 Å². The maximum absolute atomic E-state index is 4.00. The molecule has 4 heteroatoms. The van der Waals surface area contributed by atoms with E-state index in [0.29, 0.717) is 6.04 Å². The molecule has 0 amide bonds. The first kappa shape index (κ1) is 13.7. The molecular formula is C10H16Cl2N2. The molecule has 0 spiro atoms. The highest BCUT2D eigenvalue weighted by molar-refractivity contribution is 5.85. The number of nitrogens with zero attached hydrogens (tertiary/aromatic N) is 1. The first-order valence-electron chi connectivity index (χ1n) is 4.57. The highest BCUT2D eigenvalue weighted by atomic mass is 35.5. The Labute approximate surface area is 97.3 Å².